The van der Waals surface area contributed by atoms with Gasteiger partial charge in [-0.1, -0.05) is 35.9 Å². The van der Waals surface area contributed by atoms with Crippen LogP contribution < -0.4 is 0 Å². The van der Waals surface area contributed by atoms with Crippen LogP contribution in [0.5, 0.6) is 0 Å². The topological polar surface area (TPSA) is 20.2 Å². The lowest BCUT2D eigenvalue weighted by atomic mass is 10.0. The number of aliphatic hydroxyl groups excluding tert-OH is 1. The van der Waals surface area contributed by atoms with Gasteiger partial charge in [-0.2, -0.15) is 0 Å². The van der Waals surface area contributed by atoms with E-state index in [9.17, 15) is 13.9 Å². The highest BCUT2D eigenvalue weighted by molar-refractivity contribution is 9.10. The molecule has 1 atom stereocenters. The fourth-order valence-corrected chi connectivity index (χ4v) is 2.24. The summed E-state index contributed by atoms with van der Waals surface area (Å²) in [5.41, 5.74) is 0.172. The normalized spacial score (nSPS) is 12.5. The van der Waals surface area contributed by atoms with Crippen LogP contribution in [0.1, 0.15) is 17.2 Å². The van der Waals surface area contributed by atoms with Crippen LogP contribution in [-0.2, 0) is 0 Å². The van der Waals surface area contributed by atoms with E-state index in [0.717, 1.165) is 0 Å². The Balaban J connectivity index is 2.51. The van der Waals surface area contributed by atoms with Gasteiger partial charge in [0.25, 0.3) is 0 Å². The summed E-state index contributed by atoms with van der Waals surface area (Å²) in [6, 6.07) is 8.56. The summed E-state index contributed by atoms with van der Waals surface area (Å²) in [6.07, 6.45) is -1.31. The van der Waals surface area contributed by atoms with Crippen molar-refractivity contribution in [2.45, 2.75) is 6.10 Å². The fourth-order valence-electron chi connectivity index (χ4n) is 1.63. The molecule has 0 amide bonds. The predicted octanol–water partition coefficient (Wildman–Crippen LogP) is 4.46. The van der Waals surface area contributed by atoms with E-state index in [4.69, 9.17) is 11.6 Å². The summed E-state index contributed by atoms with van der Waals surface area (Å²) < 4.78 is 27.3. The second-order valence-electron chi connectivity index (χ2n) is 3.69. The second-order valence-corrected chi connectivity index (χ2v) is 4.92. The van der Waals surface area contributed by atoms with Crippen LogP contribution in [-0.4, -0.2) is 5.11 Å². The highest BCUT2D eigenvalue weighted by atomic mass is 79.9. The quantitative estimate of drug-likeness (QED) is 0.860. The third-order valence-corrected chi connectivity index (χ3v) is 3.56. The first-order valence-electron chi connectivity index (χ1n) is 5.08. The Hall–Kier alpha value is -0.970. The van der Waals surface area contributed by atoms with E-state index in [-0.39, 0.29) is 20.6 Å². The van der Waals surface area contributed by atoms with Crippen molar-refractivity contribution in [1.29, 1.82) is 0 Å². The molecular weight excluding hydrogens is 325 g/mol. The van der Waals surface area contributed by atoms with Crippen molar-refractivity contribution in [3.8, 4) is 0 Å². The van der Waals surface area contributed by atoms with Crippen molar-refractivity contribution in [3.63, 3.8) is 0 Å². The number of aliphatic hydroxyl groups is 1. The third kappa shape index (κ3) is 2.41. The monoisotopic (exact) mass is 332 g/mol. The summed E-state index contributed by atoms with van der Waals surface area (Å²) in [4.78, 5) is 0. The summed E-state index contributed by atoms with van der Waals surface area (Å²) >= 11 is 8.79. The van der Waals surface area contributed by atoms with E-state index < -0.39 is 17.7 Å². The zero-order valence-corrected chi connectivity index (χ0v) is 11.3. The van der Waals surface area contributed by atoms with E-state index in [2.05, 4.69) is 15.9 Å². The molecule has 2 aromatic carbocycles. The zero-order chi connectivity index (χ0) is 13.3. The number of rotatable bonds is 2. The Labute approximate surface area is 116 Å². The molecule has 2 rings (SSSR count). The lowest BCUT2D eigenvalue weighted by Crippen LogP contribution is -2.04. The van der Waals surface area contributed by atoms with Gasteiger partial charge in [0.05, 0.1) is 9.50 Å². The van der Waals surface area contributed by atoms with E-state index in [1.54, 1.807) is 6.07 Å². The van der Waals surface area contributed by atoms with E-state index in [0.29, 0.717) is 0 Å². The minimum Gasteiger partial charge on any atom is -0.383 e. The van der Waals surface area contributed by atoms with Gasteiger partial charge in [0.1, 0.15) is 17.7 Å². The molecule has 0 fully saturated rings. The van der Waals surface area contributed by atoms with E-state index >= 15 is 0 Å². The van der Waals surface area contributed by atoms with Crippen LogP contribution >= 0.6 is 27.5 Å². The molecule has 0 heterocycles. The molecule has 18 heavy (non-hydrogen) atoms. The Morgan fingerprint density at radius 1 is 1.06 bits per heavy atom. The van der Waals surface area contributed by atoms with Crippen LogP contribution in [0, 0.1) is 11.6 Å². The van der Waals surface area contributed by atoms with Crippen molar-refractivity contribution < 1.29 is 13.9 Å². The van der Waals surface area contributed by atoms with Gasteiger partial charge in [-0.3, -0.25) is 0 Å². The van der Waals surface area contributed by atoms with Crippen molar-refractivity contribution in [2.75, 3.05) is 0 Å². The molecule has 1 nitrogen and oxygen atoms in total. The number of benzene rings is 2. The smallest absolute Gasteiger partial charge is 0.143 e. The standard InChI is InChI=1S/C13H8BrClF2O/c14-9-5-1-4-8(12(9)17)13(18)7-3-2-6-10(16)11(7)15/h1-6,13,18H. The van der Waals surface area contributed by atoms with Crippen LogP contribution in [0.25, 0.3) is 0 Å². The fraction of sp³-hybridized carbons (Fsp3) is 0.0769. The molecule has 0 aliphatic rings. The Kier molecular flexibility index (Phi) is 4.00. The summed E-state index contributed by atoms with van der Waals surface area (Å²) in [5.74, 6) is -1.24. The highest BCUT2D eigenvalue weighted by Gasteiger charge is 2.20. The van der Waals surface area contributed by atoms with Gasteiger partial charge in [-0.25, -0.2) is 8.78 Å². The molecular formula is C13H8BrClF2O. The van der Waals surface area contributed by atoms with E-state index in [1.165, 1.54) is 30.3 Å². The first-order valence-corrected chi connectivity index (χ1v) is 6.25. The highest BCUT2D eigenvalue weighted by Crippen LogP contribution is 2.32. The largest absolute Gasteiger partial charge is 0.383 e. The molecule has 1 N–H and O–H groups in total. The average molecular weight is 334 g/mol. The molecule has 5 heteroatoms. The maximum Gasteiger partial charge on any atom is 0.143 e. The molecule has 0 radical (unpaired) electrons. The van der Waals surface area contributed by atoms with Crippen molar-refractivity contribution in [2.24, 2.45) is 0 Å². The van der Waals surface area contributed by atoms with Crippen LogP contribution in [0.3, 0.4) is 0 Å². The van der Waals surface area contributed by atoms with Crippen molar-refractivity contribution in [3.05, 3.63) is 68.7 Å². The molecule has 0 saturated heterocycles. The molecule has 94 valence electrons. The Morgan fingerprint density at radius 3 is 2.39 bits per heavy atom. The predicted molar refractivity (Wildman–Crippen MR) is 69.6 cm³/mol. The van der Waals surface area contributed by atoms with Gasteiger partial charge >= 0.3 is 0 Å². The van der Waals surface area contributed by atoms with Crippen LogP contribution in [0.2, 0.25) is 5.02 Å². The summed E-state index contributed by atoms with van der Waals surface area (Å²) in [5, 5.41) is 9.89. The first kappa shape index (κ1) is 13.5. The maximum atomic E-state index is 13.8. The van der Waals surface area contributed by atoms with Gasteiger partial charge in [-0.05, 0) is 28.1 Å². The van der Waals surface area contributed by atoms with Crippen molar-refractivity contribution >= 4 is 27.5 Å². The minimum atomic E-state index is -1.31. The molecule has 0 bridgehead atoms. The average Bonchev–Trinajstić information content (AvgIpc) is 2.35. The lowest BCUT2D eigenvalue weighted by molar-refractivity contribution is 0.214. The molecule has 1 unspecified atom stereocenters. The molecule has 2 aromatic rings. The number of hydrogen-bond donors (Lipinski definition) is 1. The SMILES string of the molecule is OC(c1cccc(Br)c1F)c1cccc(F)c1Cl. The third-order valence-electron chi connectivity index (χ3n) is 2.55. The number of hydrogen-bond acceptors (Lipinski definition) is 1. The lowest BCUT2D eigenvalue weighted by Gasteiger charge is -2.14. The Morgan fingerprint density at radius 2 is 1.67 bits per heavy atom. The molecule has 0 saturated carbocycles. The zero-order valence-electron chi connectivity index (χ0n) is 9.00. The minimum absolute atomic E-state index is 0.0388. The van der Waals surface area contributed by atoms with Gasteiger partial charge in [0, 0.05) is 11.1 Å². The van der Waals surface area contributed by atoms with Crippen molar-refractivity contribution in [1.82, 2.24) is 0 Å². The van der Waals surface area contributed by atoms with Crippen LogP contribution in [0.4, 0.5) is 8.78 Å². The summed E-state index contributed by atoms with van der Waals surface area (Å²) in [7, 11) is 0. The molecule has 0 aliphatic heterocycles. The molecule has 0 aliphatic carbocycles. The van der Waals surface area contributed by atoms with Gasteiger partial charge in [-0.15, -0.1) is 0 Å². The summed E-state index contributed by atoms with van der Waals surface area (Å²) in [6.45, 7) is 0. The van der Waals surface area contributed by atoms with Gasteiger partial charge < -0.3 is 5.11 Å². The number of halogens is 4. The first-order chi connectivity index (χ1) is 8.52. The molecule has 0 spiro atoms. The van der Waals surface area contributed by atoms with Gasteiger partial charge in [0.15, 0.2) is 0 Å². The van der Waals surface area contributed by atoms with E-state index in [1.807, 2.05) is 0 Å². The Bertz CT molecular complexity index is 538. The maximum absolute atomic E-state index is 13.8. The van der Waals surface area contributed by atoms with Crippen LogP contribution in [0.15, 0.2) is 40.9 Å². The molecule has 0 aromatic heterocycles. The van der Waals surface area contributed by atoms with Gasteiger partial charge in [0.2, 0.25) is 0 Å². The second kappa shape index (κ2) is 5.34.